The van der Waals surface area contributed by atoms with E-state index < -0.39 is 0 Å². The van der Waals surface area contributed by atoms with E-state index in [4.69, 9.17) is 4.74 Å². The Hall–Kier alpha value is -2.82. The van der Waals surface area contributed by atoms with Gasteiger partial charge in [-0.25, -0.2) is 0 Å². The molecule has 5 nitrogen and oxygen atoms in total. The minimum atomic E-state index is 0.121. The Morgan fingerprint density at radius 1 is 1.27 bits per heavy atom. The van der Waals surface area contributed by atoms with E-state index in [9.17, 15) is 4.79 Å². The van der Waals surface area contributed by atoms with Crippen LogP contribution in [-0.2, 0) is 4.79 Å². The molecule has 26 heavy (non-hydrogen) atoms. The van der Waals surface area contributed by atoms with Gasteiger partial charge in [0.2, 0.25) is 5.91 Å². The first kappa shape index (κ1) is 16.6. The summed E-state index contributed by atoms with van der Waals surface area (Å²) >= 11 is 0. The molecule has 0 radical (unpaired) electrons. The SMILES string of the molecule is COc1cccc(C2CCN(c3cc(C4=CCCC=C4)[nH]n3)C(=O)C2)c1. The van der Waals surface area contributed by atoms with Gasteiger partial charge in [-0.1, -0.05) is 30.4 Å². The number of hydrogen-bond donors (Lipinski definition) is 1. The summed E-state index contributed by atoms with van der Waals surface area (Å²) in [5.41, 5.74) is 3.28. The zero-order valence-electron chi connectivity index (χ0n) is 14.9. The third-order valence-electron chi connectivity index (χ3n) is 5.14. The van der Waals surface area contributed by atoms with Gasteiger partial charge < -0.3 is 4.74 Å². The van der Waals surface area contributed by atoms with Gasteiger partial charge in [0.15, 0.2) is 5.82 Å². The molecule has 1 fully saturated rings. The van der Waals surface area contributed by atoms with E-state index in [2.05, 4.69) is 34.5 Å². The van der Waals surface area contributed by atoms with Crippen molar-refractivity contribution in [3.8, 4) is 5.75 Å². The smallest absolute Gasteiger partial charge is 0.228 e. The standard InChI is InChI=1S/C21H23N3O2/c1-26-18-9-5-8-16(12-18)17-10-11-24(21(25)13-17)20-14-19(22-23-20)15-6-3-2-4-7-15/h3,5-9,12,14,17H,2,4,10-11,13H2,1H3,(H,22,23). The van der Waals surface area contributed by atoms with Gasteiger partial charge in [0.05, 0.1) is 12.8 Å². The average molecular weight is 349 g/mol. The summed E-state index contributed by atoms with van der Waals surface area (Å²) < 4.78 is 5.30. The largest absolute Gasteiger partial charge is 0.497 e. The molecule has 4 rings (SSSR count). The number of nitrogens with zero attached hydrogens (tertiary/aromatic N) is 2. The van der Waals surface area contributed by atoms with Gasteiger partial charge >= 0.3 is 0 Å². The number of allylic oxidation sites excluding steroid dienone is 4. The lowest BCUT2D eigenvalue weighted by atomic mass is 9.89. The molecule has 1 unspecified atom stereocenters. The summed E-state index contributed by atoms with van der Waals surface area (Å²) in [4.78, 5) is 14.5. The number of H-pyrrole nitrogens is 1. The fourth-order valence-corrected chi connectivity index (χ4v) is 3.67. The number of ether oxygens (including phenoxy) is 1. The summed E-state index contributed by atoms with van der Waals surface area (Å²) in [7, 11) is 1.67. The molecule has 1 aromatic carbocycles. The lowest BCUT2D eigenvalue weighted by molar-refractivity contribution is -0.120. The predicted molar refractivity (Wildman–Crippen MR) is 102 cm³/mol. The molecule has 0 bridgehead atoms. The fraction of sp³-hybridized carbons (Fsp3) is 0.333. The maximum Gasteiger partial charge on any atom is 0.228 e. The number of amides is 1. The molecule has 2 aliphatic rings. The summed E-state index contributed by atoms with van der Waals surface area (Å²) in [6, 6.07) is 9.99. The van der Waals surface area contributed by atoms with Crippen molar-refractivity contribution in [2.45, 2.75) is 31.6 Å². The minimum Gasteiger partial charge on any atom is -0.497 e. The predicted octanol–water partition coefficient (Wildman–Crippen LogP) is 4.06. The van der Waals surface area contributed by atoms with Crippen LogP contribution in [0.1, 0.15) is 42.9 Å². The van der Waals surface area contributed by atoms with Crippen LogP contribution >= 0.6 is 0 Å². The number of aromatic amines is 1. The Morgan fingerprint density at radius 2 is 2.19 bits per heavy atom. The third kappa shape index (κ3) is 3.29. The zero-order chi connectivity index (χ0) is 17.9. The number of anilines is 1. The molecule has 1 saturated heterocycles. The van der Waals surface area contributed by atoms with Crippen LogP contribution in [0.15, 0.2) is 48.6 Å². The molecule has 2 heterocycles. The summed E-state index contributed by atoms with van der Waals surface area (Å²) in [6.45, 7) is 0.680. The van der Waals surface area contributed by atoms with Crippen molar-refractivity contribution in [3.63, 3.8) is 0 Å². The molecule has 1 aliphatic carbocycles. The lowest BCUT2D eigenvalue weighted by Gasteiger charge is -2.30. The van der Waals surface area contributed by atoms with E-state index >= 15 is 0 Å². The molecule has 1 aromatic heterocycles. The Balaban J connectivity index is 1.47. The van der Waals surface area contributed by atoms with Crippen molar-refractivity contribution < 1.29 is 9.53 Å². The van der Waals surface area contributed by atoms with Crippen molar-refractivity contribution in [2.24, 2.45) is 0 Å². The maximum absolute atomic E-state index is 12.7. The van der Waals surface area contributed by atoms with Gasteiger partial charge in [-0.05, 0) is 48.4 Å². The molecular formula is C21H23N3O2. The van der Waals surface area contributed by atoms with Gasteiger partial charge in [-0.15, -0.1) is 0 Å². The first-order valence-corrected chi connectivity index (χ1v) is 9.11. The highest BCUT2D eigenvalue weighted by Gasteiger charge is 2.29. The topological polar surface area (TPSA) is 58.2 Å². The number of carbonyl (C=O) groups excluding carboxylic acids is 1. The molecule has 0 spiro atoms. The van der Waals surface area contributed by atoms with E-state index in [1.54, 1.807) is 12.0 Å². The number of nitrogens with one attached hydrogen (secondary N) is 1. The highest BCUT2D eigenvalue weighted by molar-refractivity contribution is 5.94. The quantitative estimate of drug-likeness (QED) is 0.905. The van der Waals surface area contributed by atoms with Gasteiger partial charge in [0.25, 0.3) is 0 Å². The molecule has 1 N–H and O–H groups in total. The molecule has 2 aromatic rings. The number of rotatable bonds is 4. The monoisotopic (exact) mass is 349 g/mol. The molecule has 1 atom stereocenters. The second kappa shape index (κ2) is 7.20. The highest BCUT2D eigenvalue weighted by Crippen LogP contribution is 2.33. The summed E-state index contributed by atoms with van der Waals surface area (Å²) in [6.07, 6.45) is 10.0. The average Bonchev–Trinajstić information content (AvgIpc) is 3.18. The van der Waals surface area contributed by atoms with Crippen molar-refractivity contribution in [2.75, 3.05) is 18.6 Å². The highest BCUT2D eigenvalue weighted by atomic mass is 16.5. The van der Waals surface area contributed by atoms with Gasteiger partial charge in [0.1, 0.15) is 5.75 Å². The van der Waals surface area contributed by atoms with E-state index in [-0.39, 0.29) is 11.8 Å². The molecule has 5 heteroatoms. The van der Waals surface area contributed by atoms with Crippen LogP contribution in [0.3, 0.4) is 0 Å². The Labute approximate surface area is 153 Å². The second-order valence-electron chi connectivity index (χ2n) is 6.79. The molecule has 1 amide bonds. The van der Waals surface area contributed by atoms with Crippen LogP contribution in [0.25, 0.3) is 5.57 Å². The number of aromatic nitrogens is 2. The number of hydrogen-bond acceptors (Lipinski definition) is 3. The van der Waals surface area contributed by atoms with E-state index in [0.29, 0.717) is 18.8 Å². The van der Waals surface area contributed by atoms with Crippen molar-refractivity contribution in [1.82, 2.24) is 10.2 Å². The second-order valence-corrected chi connectivity index (χ2v) is 6.79. The first-order chi connectivity index (χ1) is 12.7. The third-order valence-corrected chi connectivity index (χ3v) is 5.14. The molecule has 134 valence electrons. The van der Waals surface area contributed by atoms with Crippen LogP contribution in [0.2, 0.25) is 0 Å². The normalized spacial score (nSPS) is 20.2. The van der Waals surface area contributed by atoms with Crippen molar-refractivity contribution in [1.29, 1.82) is 0 Å². The number of piperidine rings is 1. The Bertz CT molecular complexity index is 866. The molecule has 0 saturated carbocycles. The molecular weight excluding hydrogens is 326 g/mol. The van der Waals surface area contributed by atoms with Crippen molar-refractivity contribution in [3.05, 3.63) is 59.8 Å². The van der Waals surface area contributed by atoms with E-state index in [1.165, 1.54) is 0 Å². The van der Waals surface area contributed by atoms with Gasteiger partial charge in [-0.2, -0.15) is 5.10 Å². The Kier molecular flexibility index (Phi) is 4.61. The van der Waals surface area contributed by atoms with Crippen LogP contribution in [-0.4, -0.2) is 29.8 Å². The number of benzene rings is 1. The summed E-state index contributed by atoms with van der Waals surface area (Å²) in [5, 5.41) is 7.45. The van der Waals surface area contributed by atoms with Gasteiger partial charge in [0, 0.05) is 19.0 Å². The first-order valence-electron chi connectivity index (χ1n) is 9.11. The Morgan fingerprint density at radius 3 is 2.96 bits per heavy atom. The van der Waals surface area contributed by atoms with Crippen LogP contribution in [0.4, 0.5) is 5.82 Å². The number of methoxy groups -OCH3 is 1. The molecule has 1 aliphatic heterocycles. The fourth-order valence-electron chi connectivity index (χ4n) is 3.67. The lowest BCUT2D eigenvalue weighted by Crippen LogP contribution is -2.38. The van der Waals surface area contributed by atoms with E-state index in [1.807, 2.05) is 24.3 Å². The maximum atomic E-state index is 12.7. The minimum absolute atomic E-state index is 0.121. The summed E-state index contributed by atoms with van der Waals surface area (Å²) in [5.74, 6) is 1.91. The zero-order valence-corrected chi connectivity index (χ0v) is 14.9. The van der Waals surface area contributed by atoms with Gasteiger partial charge in [-0.3, -0.25) is 14.8 Å². The van der Waals surface area contributed by atoms with Crippen LogP contribution < -0.4 is 9.64 Å². The van der Waals surface area contributed by atoms with Crippen LogP contribution in [0, 0.1) is 0 Å². The van der Waals surface area contributed by atoms with Crippen LogP contribution in [0.5, 0.6) is 5.75 Å². The number of carbonyl (C=O) groups is 1. The van der Waals surface area contributed by atoms with Crippen molar-refractivity contribution >= 4 is 17.3 Å². The van der Waals surface area contributed by atoms with E-state index in [0.717, 1.165) is 41.8 Å².